The van der Waals surface area contributed by atoms with Crippen molar-refractivity contribution in [3.05, 3.63) is 36.0 Å². The largest absolute Gasteiger partial charge is 0.392 e. The Balaban J connectivity index is 1.97. The summed E-state index contributed by atoms with van der Waals surface area (Å²) in [6, 6.07) is 8.26. The van der Waals surface area contributed by atoms with Gasteiger partial charge in [0.05, 0.1) is 6.61 Å². The monoisotopic (exact) mass is 270 g/mol. The molecule has 0 amide bonds. The van der Waals surface area contributed by atoms with Crippen molar-refractivity contribution in [2.24, 2.45) is 5.92 Å². The molecule has 0 radical (unpaired) electrons. The normalized spacial score (nSPS) is 18.9. The van der Waals surface area contributed by atoms with Crippen LogP contribution in [0.2, 0.25) is 0 Å². The quantitative estimate of drug-likeness (QED) is 0.925. The first-order chi connectivity index (χ1) is 9.83. The molecule has 1 unspecified atom stereocenters. The van der Waals surface area contributed by atoms with Gasteiger partial charge in [-0.15, -0.1) is 0 Å². The van der Waals surface area contributed by atoms with Crippen LogP contribution in [0.15, 0.2) is 30.5 Å². The van der Waals surface area contributed by atoms with E-state index in [1.165, 1.54) is 19.3 Å². The van der Waals surface area contributed by atoms with Crippen molar-refractivity contribution in [1.82, 2.24) is 4.98 Å². The Morgan fingerprint density at radius 1 is 1.30 bits per heavy atom. The van der Waals surface area contributed by atoms with E-state index in [-0.39, 0.29) is 6.61 Å². The number of hydrogen-bond donors (Lipinski definition) is 1. The lowest BCUT2D eigenvalue weighted by Gasteiger charge is -2.20. The molecule has 0 bridgehead atoms. The second-order valence-corrected chi connectivity index (χ2v) is 5.70. The minimum atomic E-state index is 0.0479. The number of aromatic nitrogens is 1. The van der Waals surface area contributed by atoms with Crippen LogP contribution in [0.5, 0.6) is 0 Å². The molecule has 1 aliphatic heterocycles. The molecule has 2 heterocycles. The van der Waals surface area contributed by atoms with E-state index < -0.39 is 0 Å². The van der Waals surface area contributed by atoms with E-state index in [1.54, 1.807) is 0 Å². The minimum absolute atomic E-state index is 0.0479. The van der Waals surface area contributed by atoms with E-state index >= 15 is 0 Å². The maximum atomic E-state index is 9.45. The summed E-state index contributed by atoms with van der Waals surface area (Å²) in [6.07, 6.45) is 5.66. The van der Waals surface area contributed by atoms with Crippen molar-refractivity contribution in [1.29, 1.82) is 0 Å². The van der Waals surface area contributed by atoms with Gasteiger partial charge in [0, 0.05) is 30.2 Å². The Kier molecular flexibility index (Phi) is 3.88. The van der Waals surface area contributed by atoms with Gasteiger partial charge in [0.15, 0.2) is 0 Å². The SMILES string of the molecule is CCCC1CCN(c2ncc(CO)c3ccccc23)C1. The van der Waals surface area contributed by atoms with Gasteiger partial charge < -0.3 is 10.0 Å². The molecule has 3 rings (SSSR count). The van der Waals surface area contributed by atoms with Crippen LogP contribution in [0.25, 0.3) is 10.8 Å². The van der Waals surface area contributed by atoms with E-state index in [4.69, 9.17) is 0 Å². The van der Waals surface area contributed by atoms with Gasteiger partial charge >= 0.3 is 0 Å². The highest BCUT2D eigenvalue weighted by Gasteiger charge is 2.24. The maximum absolute atomic E-state index is 9.45. The number of fused-ring (bicyclic) bond motifs is 1. The highest BCUT2D eigenvalue weighted by molar-refractivity contribution is 5.94. The summed E-state index contributed by atoms with van der Waals surface area (Å²) in [6.45, 7) is 4.52. The predicted octanol–water partition coefficient (Wildman–Crippen LogP) is 3.35. The molecule has 0 aliphatic carbocycles. The zero-order valence-corrected chi connectivity index (χ0v) is 12.0. The van der Waals surface area contributed by atoms with E-state index in [1.807, 2.05) is 18.3 Å². The van der Waals surface area contributed by atoms with Gasteiger partial charge in [0.1, 0.15) is 5.82 Å². The van der Waals surface area contributed by atoms with Gasteiger partial charge in [0.2, 0.25) is 0 Å². The van der Waals surface area contributed by atoms with Crippen molar-refractivity contribution in [3.63, 3.8) is 0 Å². The Hall–Kier alpha value is -1.61. The zero-order chi connectivity index (χ0) is 13.9. The first-order valence-corrected chi connectivity index (χ1v) is 7.56. The molecule has 1 aromatic heterocycles. The van der Waals surface area contributed by atoms with Gasteiger partial charge in [0.25, 0.3) is 0 Å². The van der Waals surface area contributed by atoms with Crippen molar-refractivity contribution in [3.8, 4) is 0 Å². The maximum Gasteiger partial charge on any atom is 0.136 e. The lowest BCUT2D eigenvalue weighted by Crippen LogP contribution is -2.21. The lowest BCUT2D eigenvalue weighted by atomic mass is 10.0. The third-order valence-corrected chi connectivity index (χ3v) is 4.31. The van der Waals surface area contributed by atoms with Crippen LogP contribution in [0.3, 0.4) is 0 Å². The summed E-state index contributed by atoms with van der Waals surface area (Å²) in [5, 5.41) is 11.7. The smallest absolute Gasteiger partial charge is 0.136 e. The van der Waals surface area contributed by atoms with Gasteiger partial charge in [-0.25, -0.2) is 4.98 Å². The summed E-state index contributed by atoms with van der Waals surface area (Å²) in [7, 11) is 0. The van der Waals surface area contributed by atoms with E-state index in [9.17, 15) is 5.11 Å². The molecule has 20 heavy (non-hydrogen) atoms. The number of rotatable bonds is 4. The molecular weight excluding hydrogens is 248 g/mol. The second-order valence-electron chi connectivity index (χ2n) is 5.70. The Morgan fingerprint density at radius 3 is 2.85 bits per heavy atom. The van der Waals surface area contributed by atoms with Crippen LogP contribution < -0.4 is 4.90 Å². The van der Waals surface area contributed by atoms with Gasteiger partial charge in [-0.3, -0.25) is 0 Å². The van der Waals surface area contributed by atoms with Crippen molar-refractivity contribution in [2.75, 3.05) is 18.0 Å². The lowest BCUT2D eigenvalue weighted by molar-refractivity contribution is 0.283. The molecule has 106 valence electrons. The molecule has 1 saturated heterocycles. The second kappa shape index (κ2) is 5.80. The van der Waals surface area contributed by atoms with E-state index in [0.717, 1.165) is 41.2 Å². The molecule has 1 fully saturated rings. The molecule has 1 aromatic carbocycles. The first-order valence-electron chi connectivity index (χ1n) is 7.56. The highest BCUT2D eigenvalue weighted by Crippen LogP contribution is 2.31. The third-order valence-electron chi connectivity index (χ3n) is 4.31. The number of pyridine rings is 1. The fourth-order valence-electron chi connectivity index (χ4n) is 3.28. The highest BCUT2D eigenvalue weighted by atomic mass is 16.3. The standard InChI is InChI=1S/C17H22N2O/c1-2-5-13-8-9-19(11-13)17-16-7-4-3-6-15(16)14(12-20)10-18-17/h3-4,6-7,10,13,20H,2,5,8-9,11-12H2,1H3. The summed E-state index contributed by atoms with van der Waals surface area (Å²) < 4.78 is 0. The summed E-state index contributed by atoms with van der Waals surface area (Å²) in [5.41, 5.74) is 0.911. The van der Waals surface area contributed by atoms with Crippen molar-refractivity contribution >= 4 is 16.6 Å². The van der Waals surface area contributed by atoms with Crippen LogP contribution in [-0.2, 0) is 6.61 Å². The Morgan fingerprint density at radius 2 is 2.10 bits per heavy atom. The van der Waals surface area contributed by atoms with Gasteiger partial charge in [-0.1, -0.05) is 37.6 Å². The van der Waals surface area contributed by atoms with E-state index in [2.05, 4.69) is 28.9 Å². The van der Waals surface area contributed by atoms with Gasteiger partial charge in [-0.2, -0.15) is 0 Å². The number of aliphatic hydroxyl groups is 1. The van der Waals surface area contributed by atoms with Crippen LogP contribution in [0, 0.1) is 5.92 Å². The first kappa shape index (κ1) is 13.4. The summed E-state index contributed by atoms with van der Waals surface area (Å²) in [4.78, 5) is 7.03. The van der Waals surface area contributed by atoms with Crippen LogP contribution in [0.1, 0.15) is 31.7 Å². The molecule has 0 saturated carbocycles. The average Bonchev–Trinajstić information content (AvgIpc) is 2.95. The number of nitrogens with zero attached hydrogens (tertiary/aromatic N) is 2. The summed E-state index contributed by atoms with van der Waals surface area (Å²) >= 11 is 0. The molecule has 1 N–H and O–H groups in total. The average molecular weight is 270 g/mol. The fraction of sp³-hybridized carbons (Fsp3) is 0.471. The van der Waals surface area contributed by atoms with Crippen molar-refractivity contribution < 1.29 is 5.11 Å². The van der Waals surface area contributed by atoms with Crippen LogP contribution >= 0.6 is 0 Å². The molecule has 1 atom stereocenters. The molecular formula is C17H22N2O. The van der Waals surface area contributed by atoms with Crippen LogP contribution in [-0.4, -0.2) is 23.2 Å². The molecule has 2 aromatic rings. The minimum Gasteiger partial charge on any atom is -0.392 e. The topological polar surface area (TPSA) is 36.4 Å². The number of benzene rings is 1. The Bertz CT molecular complexity index is 597. The number of hydrogen-bond acceptors (Lipinski definition) is 3. The molecule has 1 aliphatic rings. The van der Waals surface area contributed by atoms with Crippen molar-refractivity contribution in [2.45, 2.75) is 32.8 Å². The Labute approximate surface area is 120 Å². The summed E-state index contributed by atoms with van der Waals surface area (Å²) in [5.74, 6) is 1.88. The third kappa shape index (κ3) is 2.38. The zero-order valence-electron chi connectivity index (χ0n) is 12.0. The molecule has 0 spiro atoms. The number of anilines is 1. The van der Waals surface area contributed by atoms with Crippen LogP contribution in [0.4, 0.5) is 5.82 Å². The fourth-order valence-corrected chi connectivity index (χ4v) is 3.28. The predicted molar refractivity (Wildman–Crippen MR) is 82.9 cm³/mol. The molecule has 3 nitrogen and oxygen atoms in total. The van der Waals surface area contributed by atoms with E-state index in [0.29, 0.717) is 0 Å². The van der Waals surface area contributed by atoms with Gasteiger partial charge in [-0.05, 0) is 24.1 Å². The molecule has 3 heteroatoms. The number of aliphatic hydroxyl groups excluding tert-OH is 1.